The molecule has 14 heavy (non-hydrogen) atoms. The average molecular weight is 209 g/mol. The summed E-state index contributed by atoms with van der Waals surface area (Å²) in [5.41, 5.74) is 0. The van der Waals surface area contributed by atoms with Gasteiger partial charge in [0.25, 0.3) is 0 Å². The number of nitrogens with zero attached hydrogens (tertiary/aromatic N) is 1. The fraction of sp³-hybridized carbons (Fsp3) is 1.00. The second-order valence-electron chi connectivity index (χ2n) is 2.73. The molecule has 0 aromatic heterocycles. The average Bonchev–Trinajstić information content (AvgIpc) is 2.16. The lowest BCUT2D eigenvalue weighted by atomic mass is 10.7. The largest absolute Gasteiger partial charge is 0.374 e. The van der Waals surface area contributed by atoms with Crippen LogP contribution in [0.2, 0.25) is 0 Å². The van der Waals surface area contributed by atoms with Crippen molar-refractivity contribution in [3.8, 4) is 0 Å². The Bertz CT molecular complexity index is 132. The van der Waals surface area contributed by atoms with Crippen LogP contribution in [0.4, 0.5) is 0 Å². The predicted molar refractivity (Wildman–Crippen MR) is 48.6 cm³/mol. The van der Waals surface area contributed by atoms with E-state index in [-0.39, 0.29) is 0 Å². The fourth-order valence-corrected chi connectivity index (χ4v) is 0.580. The summed E-state index contributed by atoms with van der Waals surface area (Å²) in [5.74, 6) is 0. The lowest BCUT2D eigenvalue weighted by Crippen LogP contribution is -2.39. The lowest BCUT2D eigenvalue weighted by Gasteiger charge is -2.27. The van der Waals surface area contributed by atoms with Crippen LogP contribution in [0.3, 0.4) is 0 Å². The molecule has 0 aliphatic carbocycles. The molecule has 0 aromatic rings. The maximum atomic E-state index is 9.27. The molecule has 0 heterocycles. The lowest BCUT2D eigenvalue weighted by molar-refractivity contribution is -0.479. The zero-order chi connectivity index (χ0) is 11.1. The smallest absolute Gasteiger partial charge is 0.177 e. The van der Waals surface area contributed by atoms with E-state index in [0.717, 1.165) is 5.23 Å². The van der Waals surface area contributed by atoms with Gasteiger partial charge in [-0.25, -0.2) is 9.68 Å². The SMILES string of the molecule is COC(C)ON(OC(C)OC)C(C)O. The van der Waals surface area contributed by atoms with E-state index in [1.807, 2.05) is 0 Å². The summed E-state index contributed by atoms with van der Waals surface area (Å²) in [4.78, 5) is 10.2. The second kappa shape index (κ2) is 7.10. The number of ether oxygens (including phenoxy) is 2. The minimum Gasteiger partial charge on any atom is -0.374 e. The van der Waals surface area contributed by atoms with Crippen LogP contribution in [-0.4, -0.2) is 43.4 Å². The molecule has 0 spiro atoms. The van der Waals surface area contributed by atoms with Gasteiger partial charge in [0.05, 0.1) is 0 Å². The van der Waals surface area contributed by atoms with Crippen molar-refractivity contribution in [2.75, 3.05) is 14.2 Å². The summed E-state index contributed by atoms with van der Waals surface area (Å²) in [7, 11) is 2.98. The molecule has 0 radical (unpaired) electrons. The first kappa shape index (κ1) is 13.8. The van der Waals surface area contributed by atoms with E-state index >= 15 is 0 Å². The van der Waals surface area contributed by atoms with Gasteiger partial charge in [-0.15, -0.1) is 0 Å². The third-order valence-corrected chi connectivity index (χ3v) is 1.47. The van der Waals surface area contributed by atoms with E-state index in [9.17, 15) is 5.11 Å². The summed E-state index contributed by atoms with van der Waals surface area (Å²) < 4.78 is 9.70. The molecule has 0 fully saturated rings. The highest BCUT2D eigenvalue weighted by Crippen LogP contribution is 2.06. The van der Waals surface area contributed by atoms with Crippen LogP contribution in [0.25, 0.3) is 0 Å². The monoisotopic (exact) mass is 209 g/mol. The summed E-state index contributed by atoms with van der Waals surface area (Å²) in [5, 5.41) is 10.2. The molecule has 0 aliphatic heterocycles. The molecule has 1 N–H and O–H groups in total. The van der Waals surface area contributed by atoms with Gasteiger partial charge in [0.2, 0.25) is 0 Å². The Kier molecular flexibility index (Phi) is 6.98. The van der Waals surface area contributed by atoms with Crippen LogP contribution in [0.1, 0.15) is 20.8 Å². The van der Waals surface area contributed by atoms with Crippen LogP contribution in [0.5, 0.6) is 0 Å². The minimum absolute atomic E-state index is 0.506. The number of aliphatic hydroxyl groups is 1. The van der Waals surface area contributed by atoms with Gasteiger partial charge in [0.1, 0.15) is 0 Å². The van der Waals surface area contributed by atoms with Crippen molar-refractivity contribution in [3.63, 3.8) is 0 Å². The zero-order valence-electron chi connectivity index (χ0n) is 9.26. The number of hydrogen-bond acceptors (Lipinski definition) is 6. The Morgan fingerprint density at radius 3 is 1.50 bits per heavy atom. The number of aliphatic hydroxyl groups excluding tert-OH is 1. The summed E-state index contributed by atoms with van der Waals surface area (Å²) in [6, 6.07) is 0. The third kappa shape index (κ3) is 5.48. The minimum atomic E-state index is -0.912. The second-order valence-corrected chi connectivity index (χ2v) is 2.73. The normalized spacial score (nSPS) is 18.2. The van der Waals surface area contributed by atoms with Gasteiger partial charge in [-0.05, 0) is 26.0 Å². The third-order valence-electron chi connectivity index (χ3n) is 1.47. The summed E-state index contributed by atoms with van der Waals surface area (Å²) in [6.07, 6.45) is -1.92. The fourth-order valence-electron chi connectivity index (χ4n) is 0.580. The molecule has 0 saturated carbocycles. The van der Waals surface area contributed by atoms with Crippen molar-refractivity contribution < 1.29 is 24.3 Å². The topological polar surface area (TPSA) is 60.4 Å². The Labute approximate surface area is 84.2 Å². The van der Waals surface area contributed by atoms with Crippen LogP contribution < -0.4 is 0 Å². The first-order chi connectivity index (χ1) is 6.51. The van der Waals surface area contributed by atoms with E-state index in [1.54, 1.807) is 13.8 Å². The zero-order valence-corrected chi connectivity index (χ0v) is 9.26. The van der Waals surface area contributed by atoms with Crippen molar-refractivity contribution in [1.29, 1.82) is 0 Å². The van der Waals surface area contributed by atoms with E-state index in [1.165, 1.54) is 21.1 Å². The summed E-state index contributed by atoms with van der Waals surface area (Å²) in [6.45, 7) is 4.86. The maximum absolute atomic E-state index is 9.27. The molecule has 0 bridgehead atoms. The Balaban J connectivity index is 4.02. The van der Waals surface area contributed by atoms with Gasteiger partial charge in [-0.1, -0.05) is 0 Å². The van der Waals surface area contributed by atoms with Gasteiger partial charge in [0.15, 0.2) is 18.8 Å². The molecule has 3 atom stereocenters. The Morgan fingerprint density at radius 2 is 1.29 bits per heavy atom. The van der Waals surface area contributed by atoms with E-state index in [0.29, 0.717) is 0 Å². The van der Waals surface area contributed by atoms with Crippen LogP contribution in [-0.2, 0) is 19.1 Å². The molecule has 0 aliphatic rings. The Morgan fingerprint density at radius 1 is 0.929 bits per heavy atom. The first-order valence-electron chi connectivity index (χ1n) is 4.37. The molecular formula is C8H19NO5. The van der Waals surface area contributed by atoms with Crippen molar-refractivity contribution in [2.45, 2.75) is 39.6 Å². The van der Waals surface area contributed by atoms with Crippen LogP contribution in [0, 0.1) is 0 Å². The number of hydrogen-bond donors (Lipinski definition) is 1. The van der Waals surface area contributed by atoms with E-state index < -0.39 is 18.8 Å². The predicted octanol–water partition coefficient (Wildman–Crippen LogP) is 0.475. The molecule has 0 rings (SSSR count). The Hall–Kier alpha value is -0.240. The van der Waals surface area contributed by atoms with Crippen LogP contribution >= 0.6 is 0 Å². The summed E-state index contributed by atoms with van der Waals surface area (Å²) >= 11 is 0. The van der Waals surface area contributed by atoms with Crippen molar-refractivity contribution in [3.05, 3.63) is 0 Å². The van der Waals surface area contributed by atoms with Crippen LogP contribution in [0.15, 0.2) is 0 Å². The van der Waals surface area contributed by atoms with Crippen molar-refractivity contribution in [2.24, 2.45) is 0 Å². The van der Waals surface area contributed by atoms with Gasteiger partial charge < -0.3 is 14.6 Å². The molecule has 0 saturated heterocycles. The highest BCUT2D eigenvalue weighted by molar-refractivity contribution is 4.33. The van der Waals surface area contributed by atoms with E-state index in [4.69, 9.17) is 19.1 Å². The number of rotatable bonds is 7. The maximum Gasteiger partial charge on any atom is 0.177 e. The molecule has 86 valence electrons. The first-order valence-corrected chi connectivity index (χ1v) is 4.37. The highest BCUT2D eigenvalue weighted by atomic mass is 17.0. The number of hydroxylamine groups is 2. The van der Waals surface area contributed by atoms with Crippen molar-refractivity contribution in [1.82, 2.24) is 5.23 Å². The molecule has 6 nitrogen and oxygen atoms in total. The molecule has 0 amide bonds. The van der Waals surface area contributed by atoms with Gasteiger partial charge >= 0.3 is 0 Å². The quantitative estimate of drug-likeness (QED) is 0.486. The van der Waals surface area contributed by atoms with Gasteiger partial charge in [-0.2, -0.15) is 0 Å². The molecule has 6 heteroatoms. The van der Waals surface area contributed by atoms with E-state index in [2.05, 4.69) is 0 Å². The standard InChI is InChI=1S/C8H19NO5/c1-6(10)9(13-7(2)11-4)14-8(3)12-5/h6-8,10H,1-5H3. The number of methoxy groups -OCH3 is 2. The van der Waals surface area contributed by atoms with Gasteiger partial charge in [0, 0.05) is 14.2 Å². The molecule has 0 aromatic carbocycles. The van der Waals surface area contributed by atoms with Crippen molar-refractivity contribution >= 4 is 0 Å². The molecule has 3 unspecified atom stereocenters. The highest BCUT2D eigenvalue weighted by Gasteiger charge is 2.18. The molecular weight excluding hydrogens is 190 g/mol. The van der Waals surface area contributed by atoms with Gasteiger partial charge in [-0.3, -0.25) is 0 Å².